The van der Waals surface area contributed by atoms with Gasteiger partial charge < -0.3 is 20.1 Å². The lowest BCUT2D eigenvalue weighted by molar-refractivity contribution is -0.129. The molecule has 2 aromatic carbocycles. The molecule has 0 unspecified atom stereocenters. The highest BCUT2D eigenvalue weighted by Gasteiger charge is 2.25. The quantitative estimate of drug-likeness (QED) is 0.571. The average Bonchev–Trinajstić information content (AvgIpc) is 2.80. The second-order valence-corrected chi connectivity index (χ2v) is 8.10. The number of nitrogens with zero attached hydrogens (tertiary/aromatic N) is 2. The normalized spacial score (nSPS) is 14.9. The molecular formula is C23H23N3O4S. The summed E-state index contributed by atoms with van der Waals surface area (Å²) < 4.78 is 11.7. The lowest BCUT2D eigenvalue weighted by Crippen LogP contribution is -2.44. The van der Waals surface area contributed by atoms with Crippen molar-refractivity contribution in [3.05, 3.63) is 60.2 Å². The first-order valence-corrected chi connectivity index (χ1v) is 11.0. The van der Waals surface area contributed by atoms with Gasteiger partial charge in [0.2, 0.25) is 11.8 Å². The van der Waals surface area contributed by atoms with Gasteiger partial charge in [0.15, 0.2) is 17.6 Å². The number of hydrogen-bond donors (Lipinski definition) is 1. The molecule has 0 fully saturated rings. The fraction of sp³-hybridized carbons (Fsp3) is 0.261. The molecular weight excluding hydrogens is 414 g/mol. The first-order valence-electron chi connectivity index (χ1n) is 10.0. The number of rotatable bonds is 7. The second-order valence-electron chi connectivity index (χ2n) is 7.11. The van der Waals surface area contributed by atoms with Crippen LogP contribution < -0.4 is 15.2 Å². The topological polar surface area (TPSA) is 94.8 Å². The Balaban J connectivity index is 1.41. The number of carbonyl (C=O) groups excluding carboxylic acids is 2. The second kappa shape index (κ2) is 9.26. The van der Waals surface area contributed by atoms with E-state index in [4.69, 9.17) is 15.2 Å². The smallest absolute Gasteiger partial charge is 0.249 e. The molecule has 2 amide bonds. The molecule has 2 heterocycles. The Morgan fingerprint density at radius 2 is 1.90 bits per heavy atom. The Morgan fingerprint density at radius 1 is 1.16 bits per heavy atom. The predicted molar refractivity (Wildman–Crippen MR) is 120 cm³/mol. The summed E-state index contributed by atoms with van der Waals surface area (Å²) in [5, 5.41) is 1.29. The summed E-state index contributed by atoms with van der Waals surface area (Å²) in [6, 6.07) is 16.5. The number of primary amides is 1. The summed E-state index contributed by atoms with van der Waals surface area (Å²) in [6.07, 6.45) is -0.232. The minimum atomic E-state index is -0.517. The number of carbonyl (C=O) groups is 2. The maximum atomic E-state index is 12.8. The van der Waals surface area contributed by atoms with Gasteiger partial charge in [-0.1, -0.05) is 42.1 Å². The van der Waals surface area contributed by atoms with Gasteiger partial charge >= 0.3 is 0 Å². The van der Waals surface area contributed by atoms with E-state index in [9.17, 15) is 9.59 Å². The van der Waals surface area contributed by atoms with E-state index in [2.05, 4.69) is 4.98 Å². The van der Waals surface area contributed by atoms with Crippen molar-refractivity contribution in [2.45, 2.75) is 18.1 Å². The molecule has 0 spiro atoms. The highest BCUT2D eigenvalue weighted by Crippen LogP contribution is 2.31. The molecule has 1 aliphatic rings. The third-order valence-electron chi connectivity index (χ3n) is 5.03. The lowest BCUT2D eigenvalue weighted by atomic mass is 10.1. The highest BCUT2D eigenvalue weighted by atomic mass is 32.2. The van der Waals surface area contributed by atoms with Crippen molar-refractivity contribution in [1.82, 2.24) is 9.88 Å². The number of aromatic nitrogens is 1. The van der Waals surface area contributed by atoms with Crippen LogP contribution in [-0.2, 0) is 4.79 Å². The molecule has 0 saturated carbocycles. The van der Waals surface area contributed by atoms with Crippen LogP contribution in [0.25, 0.3) is 10.9 Å². The minimum Gasteiger partial charge on any atom is -0.486 e. The van der Waals surface area contributed by atoms with Gasteiger partial charge in [0, 0.05) is 11.9 Å². The summed E-state index contributed by atoms with van der Waals surface area (Å²) in [5.74, 6) is 1.05. The van der Waals surface area contributed by atoms with Crippen LogP contribution in [0, 0.1) is 0 Å². The molecule has 7 nitrogen and oxygen atoms in total. The zero-order chi connectivity index (χ0) is 21.8. The SMILES string of the molecule is CCN(C[C@@H]1COc2ccccc2O1)C(=O)CSc1cc(C(N)=O)c2ccccc2n1. The highest BCUT2D eigenvalue weighted by molar-refractivity contribution is 7.99. The number of thioether (sulfide) groups is 1. The Morgan fingerprint density at radius 3 is 2.68 bits per heavy atom. The largest absolute Gasteiger partial charge is 0.486 e. The fourth-order valence-corrected chi connectivity index (χ4v) is 4.28. The predicted octanol–water partition coefficient (Wildman–Crippen LogP) is 3.11. The van der Waals surface area contributed by atoms with Crippen LogP contribution >= 0.6 is 11.8 Å². The van der Waals surface area contributed by atoms with Gasteiger partial charge in [-0.25, -0.2) is 4.98 Å². The molecule has 1 aromatic heterocycles. The first kappa shape index (κ1) is 21.0. The van der Waals surface area contributed by atoms with Gasteiger partial charge in [-0.05, 0) is 31.2 Å². The van der Waals surface area contributed by atoms with Gasteiger partial charge in [-0.2, -0.15) is 0 Å². The monoisotopic (exact) mass is 437 g/mol. The Labute approximate surface area is 184 Å². The van der Waals surface area contributed by atoms with E-state index in [1.165, 1.54) is 11.8 Å². The standard InChI is InChI=1S/C23H23N3O4S/c1-2-26(12-15-13-29-19-9-5-6-10-20(19)30-15)22(27)14-31-21-11-17(23(24)28)16-7-3-4-8-18(16)25-21/h3-11,15H,2,12-14H2,1H3,(H2,24,28)/t15-/m1/s1. The van der Waals surface area contributed by atoms with Gasteiger partial charge in [0.25, 0.3) is 0 Å². The van der Waals surface area contributed by atoms with Crippen LogP contribution in [0.4, 0.5) is 0 Å². The molecule has 160 valence electrons. The van der Waals surface area contributed by atoms with E-state index in [0.717, 1.165) is 5.75 Å². The summed E-state index contributed by atoms with van der Waals surface area (Å²) >= 11 is 1.29. The molecule has 0 saturated heterocycles. The van der Waals surface area contributed by atoms with Crippen molar-refractivity contribution in [2.75, 3.05) is 25.4 Å². The maximum absolute atomic E-state index is 12.8. The molecule has 1 aliphatic heterocycles. The number of hydrogen-bond acceptors (Lipinski definition) is 6. The summed E-state index contributed by atoms with van der Waals surface area (Å²) in [5.41, 5.74) is 6.61. The summed E-state index contributed by atoms with van der Waals surface area (Å²) in [6.45, 7) is 3.31. The molecule has 3 aromatic rings. The number of nitrogens with two attached hydrogens (primary N) is 1. The van der Waals surface area contributed by atoms with Crippen molar-refractivity contribution in [3.8, 4) is 11.5 Å². The Bertz CT molecular complexity index is 1120. The van der Waals surface area contributed by atoms with Crippen LogP contribution in [0.15, 0.2) is 59.6 Å². The number of ether oxygens (including phenoxy) is 2. The number of para-hydroxylation sites is 3. The zero-order valence-corrected chi connectivity index (χ0v) is 17.9. The Hall–Kier alpha value is -3.26. The minimum absolute atomic E-state index is 0.0365. The molecule has 8 heteroatoms. The van der Waals surface area contributed by atoms with E-state index in [1.54, 1.807) is 11.0 Å². The van der Waals surface area contributed by atoms with Gasteiger partial charge in [0.05, 0.1) is 28.4 Å². The van der Waals surface area contributed by atoms with Gasteiger partial charge in [-0.3, -0.25) is 9.59 Å². The number of amides is 2. The number of fused-ring (bicyclic) bond motifs is 2. The van der Waals surface area contributed by atoms with Crippen molar-refractivity contribution in [2.24, 2.45) is 5.73 Å². The van der Waals surface area contributed by atoms with E-state index in [0.29, 0.717) is 46.9 Å². The van der Waals surface area contributed by atoms with Crippen LogP contribution in [0.1, 0.15) is 17.3 Å². The lowest BCUT2D eigenvalue weighted by Gasteiger charge is -2.30. The van der Waals surface area contributed by atoms with Crippen LogP contribution in [0.2, 0.25) is 0 Å². The van der Waals surface area contributed by atoms with Crippen molar-refractivity contribution < 1.29 is 19.1 Å². The van der Waals surface area contributed by atoms with Crippen molar-refractivity contribution in [3.63, 3.8) is 0 Å². The summed E-state index contributed by atoms with van der Waals surface area (Å²) in [4.78, 5) is 31.0. The molecule has 0 bridgehead atoms. The van der Waals surface area contributed by atoms with E-state index >= 15 is 0 Å². The van der Waals surface area contributed by atoms with E-state index in [1.807, 2.05) is 55.5 Å². The van der Waals surface area contributed by atoms with Gasteiger partial charge in [0.1, 0.15) is 6.61 Å². The molecule has 2 N–H and O–H groups in total. The third-order valence-corrected chi connectivity index (χ3v) is 5.92. The average molecular weight is 438 g/mol. The summed E-state index contributed by atoms with van der Waals surface area (Å²) in [7, 11) is 0. The Kier molecular flexibility index (Phi) is 6.27. The fourth-order valence-electron chi connectivity index (χ4n) is 3.46. The van der Waals surface area contributed by atoms with E-state index in [-0.39, 0.29) is 17.8 Å². The van der Waals surface area contributed by atoms with Crippen LogP contribution in [0.5, 0.6) is 11.5 Å². The van der Waals surface area contributed by atoms with Gasteiger partial charge in [-0.15, -0.1) is 0 Å². The van der Waals surface area contributed by atoms with Crippen LogP contribution in [0.3, 0.4) is 0 Å². The number of likely N-dealkylation sites (N-methyl/N-ethyl adjacent to an activating group) is 1. The van der Waals surface area contributed by atoms with Crippen molar-refractivity contribution >= 4 is 34.5 Å². The molecule has 1 atom stereocenters. The van der Waals surface area contributed by atoms with Crippen LogP contribution in [-0.4, -0.2) is 53.3 Å². The molecule has 0 aliphatic carbocycles. The zero-order valence-electron chi connectivity index (χ0n) is 17.1. The third kappa shape index (κ3) is 4.74. The number of benzene rings is 2. The molecule has 0 radical (unpaired) electrons. The first-order chi connectivity index (χ1) is 15.0. The molecule has 4 rings (SSSR count). The van der Waals surface area contributed by atoms with E-state index < -0.39 is 5.91 Å². The number of pyridine rings is 1. The maximum Gasteiger partial charge on any atom is 0.249 e. The molecule has 31 heavy (non-hydrogen) atoms. The van der Waals surface area contributed by atoms with Crippen molar-refractivity contribution in [1.29, 1.82) is 0 Å².